The molecule has 0 unspecified atom stereocenters. The van der Waals surface area contributed by atoms with E-state index >= 15 is 0 Å². The van der Waals surface area contributed by atoms with Crippen molar-refractivity contribution in [2.24, 2.45) is 0 Å². The molecule has 0 amide bonds. The van der Waals surface area contributed by atoms with Gasteiger partial charge in [-0.25, -0.2) is 0 Å². The van der Waals surface area contributed by atoms with Crippen molar-refractivity contribution in [2.75, 3.05) is 5.88 Å². The van der Waals surface area contributed by atoms with Crippen LogP contribution in [0.2, 0.25) is 0 Å². The number of aromatic nitrogens is 1. The normalized spacial score (nSPS) is 10.5. The van der Waals surface area contributed by atoms with Gasteiger partial charge in [0.1, 0.15) is 0 Å². The van der Waals surface area contributed by atoms with E-state index in [1.54, 1.807) is 0 Å². The third kappa shape index (κ3) is 2.00. The van der Waals surface area contributed by atoms with Crippen molar-refractivity contribution in [1.29, 1.82) is 0 Å². The van der Waals surface area contributed by atoms with Gasteiger partial charge in [-0.2, -0.15) is 0 Å². The zero-order valence-electron chi connectivity index (χ0n) is 7.10. The lowest BCUT2D eigenvalue weighted by molar-refractivity contribution is 0.652. The number of alkyl halides is 1. The molecule has 0 N–H and O–H groups in total. The molecule has 0 atom stereocenters. The fraction of sp³-hybridized carbons (Fsp3) is 0.556. The molecule has 0 aliphatic carbocycles. The molecule has 1 rings (SSSR count). The van der Waals surface area contributed by atoms with Crippen molar-refractivity contribution in [3.63, 3.8) is 0 Å². The van der Waals surface area contributed by atoms with Crippen molar-refractivity contribution in [2.45, 2.75) is 26.8 Å². The number of nitrogens with zero attached hydrogens (tertiary/aromatic N) is 1. The van der Waals surface area contributed by atoms with Crippen LogP contribution in [0.5, 0.6) is 0 Å². The Morgan fingerprint density at radius 1 is 1.27 bits per heavy atom. The van der Waals surface area contributed by atoms with Crippen molar-refractivity contribution in [3.05, 3.63) is 23.5 Å². The molecule has 62 valence electrons. The van der Waals surface area contributed by atoms with Crippen LogP contribution in [0.25, 0.3) is 0 Å². The van der Waals surface area contributed by atoms with Gasteiger partial charge in [-0.05, 0) is 32.4 Å². The Balaban J connectivity index is 2.67. The molecule has 0 fully saturated rings. The van der Waals surface area contributed by atoms with Gasteiger partial charge in [0.15, 0.2) is 0 Å². The molecule has 0 saturated heterocycles. The predicted octanol–water partition coefficient (Wildman–Crippen LogP) is 2.73. The van der Waals surface area contributed by atoms with Crippen LogP contribution in [-0.4, -0.2) is 10.4 Å². The van der Waals surface area contributed by atoms with Crippen LogP contribution >= 0.6 is 11.6 Å². The van der Waals surface area contributed by atoms with Crippen LogP contribution < -0.4 is 0 Å². The summed E-state index contributed by atoms with van der Waals surface area (Å²) >= 11 is 5.61. The maximum Gasteiger partial charge on any atom is 0.0240 e. The third-order valence-corrected chi connectivity index (χ3v) is 2.20. The summed E-state index contributed by atoms with van der Waals surface area (Å²) in [4.78, 5) is 0. The second kappa shape index (κ2) is 3.82. The highest BCUT2D eigenvalue weighted by Gasteiger charge is 1.98. The number of hydrogen-bond acceptors (Lipinski definition) is 0. The summed E-state index contributed by atoms with van der Waals surface area (Å²) in [7, 11) is 0. The van der Waals surface area contributed by atoms with Crippen LogP contribution in [0, 0.1) is 13.8 Å². The minimum absolute atomic E-state index is 0.747. The molecule has 1 heterocycles. The maximum atomic E-state index is 5.61. The van der Waals surface area contributed by atoms with Gasteiger partial charge in [-0.15, -0.1) is 11.6 Å². The minimum Gasteiger partial charge on any atom is -0.349 e. The summed E-state index contributed by atoms with van der Waals surface area (Å²) in [5, 5.41) is 0. The van der Waals surface area contributed by atoms with E-state index in [2.05, 4.69) is 30.5 Å². The highest BCUT2D eigenvalue weighted by Crippen LogP contribution is 2.07. The van der Waals surface area contributed by atoms with Crippen LogP contribution in [0.3, 0.4) is 0 Å². The number of halogens is 1. The molecule has 0 spiro atoms. The van der Waals surface area contributed by atoms with Gasteiger partial charge in [0.25, 0.3) is 0 Å². The second-order valence-corrected chi connectivity index (χ2v) is 3.19. The molecule has 1 nitrogen and oxygen atoms in total. The fourth-order valence-corrected chi connectivity index (χ4v) is 1.39. The van der Waals surface area contributed by atoms with E-state index in [4.69, 9.17) is 11.6 Å². The number of aryl methyl sites for hydroxylation is 2. The molecule has 0 aliphatic rings. The molecule has 0 aromatic carbocycles. The van der Waals surface area contributed by atoms with E-state index in [-0.39, 0.29) is 0 Å². The van der Waals surface area contributed by atoms with Crippen LogP contribution in [-0.2, 0) is 6.54 Å². The molecule has 0 saturated carbocycles. The number of hydrogen-bond donors (Lipinski definition) is 0. The van der Waals surface area contributed by atoms with Crippen LogP contribution in [0.1, 0.15) is 17.8 Å². The first-order chi connectivity index (χ1) is 5.25. The zero-order valence-corrected chi connectivity index (χ0v) is 7.86. The molecule has 0 aliphatic heterocycles. The summed E-state index contributed by atoms with van der Waals surface area (Å²) in [6.07, 6.45) is 1.05. The number of rotatable bonds is 3. The summed E-state index contributed by atoms with van der Waals surface area (Å²) in [5.74, 6) is 0.747. The van der Waals surface area contributed by atoms with Gasteiger partial charge in [-0.1, -0.05) is 0 Å². The first kappa shape index (κ1) is 8.66. The maximum absolute atomic E-state index is 5.61. The Kier molecular flexibility index (Phi) is 3.01. The molecule has 1 aromatic heterocycles. The molecule has 0 bridgehead atoms. The van der Waals surface area contributed by atoms with E-state index in [9.17, 15) is 0 Å². The fourth-order valence-electron chi connectivity index (χ4n) is 1.27. The lowest BCUT2D eigenvalue weighted by Gasteiger charge is -2.06. The Bertz CT molecular complexity index is 208. The van der Waals surface area contributed by atoms with Gasteiger partial charge < -0.3 is 4.57 Å². The SMILES string of the molecule is Cc1ccc(C)n1CCCCl. The summed E-state index contributed by atoms with van der Waals surface area (Å²) in [6, 6.07) is 4.28. The third-order valence-electron chi connectivity index (χ3n) is 1.93. The average molecular weight is 172 g/mol. The van der Waals surface area contributed by atoms with Crippen molar-refractivity contribution in [1.82, 2.24) is 4.57 Å². The monoisotopic (exact) mass is 171 g/mol. The van der Waals surface area contributed by atoms with E-state index in [1.807, 2.05) is 0 Å². The van der Waals surface area contributed by atoms with Gasteiger partial charge in [-0.3, -0.25) is 0 Å². The Hall–Kier alpha value is -0.430. The van der Waals surface area contributed by atoms with Gasteiger partial charge in [0, 0.05) is 23.8 Å². The lowest BCUT2D eigenvalue weighted by Crippen LogP contribution is -2.02. The average Bonchev–Trinajstić information content (AvgIpc) is 2.29. The molecule has 11 heavy (non-hydrogen) atoms. The zero-order chi connectivity index (χ0) is 8.27. The summed E-state index contributed by atoms with van der Waals surface area (Å²) < 4.78 is 2.29. The largest absolute Gasteiger partial charge is 0.349 e. The Morgan fingerprint density at radius 3 is 2.27 bits per heavy atom. The highest BCUT2D eigenvalue weighted by atomic mass is 35.5. The Labute approximate surface area is 73.0 Å². The summed E-state index contributed by atoms with van der Waals surface area (Å²) in [6.45, 7) is 5.30. The van der Waals surface area contributed by atoms with Crippen LogP contribution in [0.15, 0.2) is 12.1 Å². The first-order valence-electron chi connectivity index (χ1n) is 3.94. The quantitative estimate of drug-likeness (QED) is 0.617. The predicted molar refractivity (Wildman–Crippen MR) is 49.2 cm³/mol. The standard InChI is InChI=1S/C9H14ClN/c1-8-4-5-9(2)11(8)7-3-6-10/h4-5H,3,6-7H2,1-2H3. The molecule has 2 heteroatoms. The Morgan fingerprint density at radius 2 is 1.82 bits per heavy atom. The van der Waals surface area contributed by atoms with E-state index in [1.165, 1.54) is 11.4 Å². The summed E-state index contributed by atoms with van der Waals surface area (Å²) in [5.41, 5.74) is 2.65. The van der Waals surface area contributed by atoms with E-state index < -0.39 is 0 Å². The second-order valence-electron chi connectivity index (χ2n) is 2.81. The smallest absolute Gasteiger partial charge is 0.0240 e. The molecule has 1 aromatic rings. The topological polar surface area (TPSA) is 4.93 Å². The highest BCUT2D eigenvalue weighted by molar-refractivity contribution is 6.17. The lowest BCUT2D eigenvalue weighted by atomic mass is 10.4. The first-order valence-corrected chi connectivity index (χ1v) is 4.48. The van der Waals surface area contributed by atoms with Gasteiger partial charge in [0.2, 0.25) is 0 Å². The molecule has 0 radical (unpaired) electrons. The minimum atomic E-state index is 0.747. The molecular weight excluding hydrogens is 158 g/mol. The van der Waals surface area contributed by atoms with Gasteiger partial charge in [0.05, 0.1) is 0 Å². The van der Waals surface area contributed by atoms with Crippen molar-refractivity contribution >= 4 is 11.6 Å². The van der Waals surface area contributed by atoms with Crippen molar-refractivity contribution < 1.29 is 0 Å². The van der Waals surface area contributed by atoms with E-state index in [0.717, 1.165) is 18.8 Å². The van der Waals surface area contributed by atoms with Crippen molar-refractivity contribution in [3.8, 4) is 0 Å². The van der Waals surface area contributed by atoms with E-state index in [0.29, 0.717) is 0 Å². The molecular formula is C9H14ClN. The van der Waals surface area contributed by atoms with Gasteiger partial charge >= 0.3 is 0 Å². The van der Waals surface area contributed by atoms with Crippen LogP contribution in [0.4, 0.5) is 0 Å².